The lowest BCUT2D eigenvalue weighted by Gasteiger charge is -2.18. The first-order valence-corrected chi connectivity index (χ1v) is 8.04. The topological polar surface area (TPSA) is 105 Å². The highest BCUT2D eigenvalue weighted by Crippen LogP contribution is 2.17. The van der Waals surface area contributed by atoms with E-state index in [9.17, 15) is 19.2 Å². The van der Waals surface area contributed by atoms with Crippen molar-refractivity contribution in [1.82, 2.24) is 15.5 Å². The Morgan fingerprint density at radius 3 is 2.57 bits per heavy atom. The van der Waals surface area contributed by atoms with E-state index in [0.29, 0.717) is 13.0 Å². The summed E-state index contributed by atoms with van der Waals surface area (Å²) in [6.07, 6.45) is 4.04. The number of hydrogen-bond donors (Lipinski definition) is 2. The van der Waals surface area contributed by atoms with Gasteiger partial charge in [0.05, 0.1) is 0 Å². The number of urea groups is 1. The molecule has 2 fully saturated rings. The van der Waals surface area contributed by atoms with Crippen LogP contribution in [0.3, 0.4) is 0 Å². The highest BCUT2D eigenvalue weighted by atomic mass is 16.5. The normalized spacial score (nSPS) is 19.5. The van der Waals surface area contributed by atoms with Crippen molar-refractivity contribution in [2.45, 2.75) is 57.6 Å². The summed E-state index contributed by atoms with van der Waals surface area (Å²) in [7, 11) is 0. The number of hydrogen-bond acceptors (Lipinski definition) is 5. The Bertz CT molecular complexity index is 488. The molecule has 8 heteroatoms. The van der Waals surface area contributed by atoms with Crippen molar-refractivity contribution >= 4 is 23.8 Å². The summed E-state index contributed by atoms with van der Waals surface area (Å²) in [5.74, 6) is -1.42. The highest BCUT2D eigenvalue weighted by Gasteiger charge is 2.26. The van der Waals surface area contributed by atoms with E-state index in [1.54, 1.807) is 0 Å². The quantitative estimate of drug-likeness (QED) is 0.708. The number of nitrogens with zero attached hydrogens (tertiary/aromatic N) is 1. The molecule has 0 aromatic rings. The molecule has 23 heavy (non-hydrogen) atoms. The summed E-state index contributed by atoms with van der Waals surface area (Å²) in [6, 6.07) is -0.471. The second-order valence-electron chi connectivity index (χ2n) is 6.00. The third-order valence-electron chi connectivity index (χ3n) is 4.10. The standard InChI is InChI=1S/C15H23N3O5/c1-10(23-13(20)9-18-8-4-7-12(18)19)14(21)17-15(22)16-11-5-2-3-6-11/h10-11H,2-9H2,1H3,(H2,16,17,21,22)/t10-/m0/s1. The fourth-order valence-electron chi connectivity index (χ4n) is 2.82. The SMILES string of the molecule is C[C@H](OC(=O)CN1CCCC1=O)C(=O)NC(=O)NC1CCCC1. The van der Waals surface area contributed by atoms with Gasteiger partial charge < -0.3 is 15.0 Å². The molecular weight excluding hydrogens is 302 g/mol. The maximum Gasteiger partial charge on any atom is 0.326 e. The van der Waals surface area contributed by atoms with Gasteiger partial charge in [0.1, 0.15) is 6.54 Å². The van der Waals surface area contributed by atoms with Crippen molar-refractivity contribution in [3.63, 3.8) is 0 Å². The van der Waals surface area contributed by atoms with Gasteiger partial charge in [0, 0.05) is 19.0 Å². The molecule has 1 saturated heterocycles. The van der Waals surface area contributed by atoms with Gasteiger partial charge >= 0.3 is 12.0 Å². The van der Waals surface area contributed by atoms with Crippen LogP contribution in [0.25, 0.3) is 0 Å². The first kappa shape index (κ1) is 17.2. The second kappa shape index (κ2) is 7.94. The Balaban J connectivity index is 1.69. The minimum Gasteiger partial charge on any atom is -0.451 e. The predicted octanol–water partition coefficient (Wildman–Crippen LogP) is 0.309. The van der Waals surface area contributed by atoms with Gasteiger partial charge in [-0.2, -0.15) is 0 Å². The first-order valence-electron chi connectivity index (χ1n) is 8.04. The van der Waals surface area contributed by atoms with Crippen molar-refractivity contribution in [1.29, 1.82) is 0 Å². The average Bonchev–Trinajstić information content (AvgIpc) is 3.11. The summed E-state index contributed by atoms with van der Waals surface area (Å²) >= 11 is 0. The van der Waals surface area contributed by atoms with Gasteiger partial charge in [-0.25, -0.2) is 4.79 Å². The molecule has 0 unspecified atom stereocenters. The van der Waals surface area contributed by atoms with Gasteiger partial charge in [0.15, 0.2) is 6.10 Å². The number of ether oxygens (including phenoxy) is 1. The molecule has 1 saturated carbocycles. The molecule has 128 valence electrons. The highest BCUT2D eigenvalue weighted by molar-refractivity contribution is 5.97. The number of carbonyl (C=O) groups excluding carboxylic acids is 4. The van der Waals surface area contributed by atoms with Crippen LogP contribution >= 0.6 is 0 Å². The second-order valence-corrected chi connectivity index (χ2v) is 6.00. The molecule has 2 rings (SSSR count). The molecule has 0 aromatic carbocycles. The number of amides is 4. The van der Waals surface area contributed by atoms with Gasteiger partial charge in [0.2, 0.25) is 5.91 Å². The monoisotopic (exact) mass is 325 g/mol. The van der Waals surface area contributed by atoms with Crippen molar-refractivity contribution in [3.05, 3.63) is 0 Å². The van der Waals surface area contributed by atoms with Crippen LogP contribution in [-0.4, -0.2) is 54.0 Å². The fraction of sp³-hybridized carbons (Fsp3) is 0.733. The number of likely N-dealkylation sites (tertiary alicyclic amines) is 1. The third-order valence-corrected chi connectivity index (χ3v) is 4.10. The summed E-state index contributed by atoms with van der Waals surface area (Å²) in [5.41, 5.74) is 0. The number of nitrogens with one attached hydrogen (secondary N) is 2. The summed E-state index contributed by atoms with van der Waals surface area (Å²) < 4.78 is 4.97. The Hall–Kier alpha value is -2.12. The molecule has 2 N–H and O–H groups in total. The molecule has 2 aliphatic rings. The molecule has 0 bridgehead atoms. The lowest BCUT2D eigenvalue weighted by Crippen LogP contribution is -2.47. The van der Waals surface area contributed by atoms with Crippen LogP contribution < -0.4 is 10.6 Å². The Morgan fingerprint density at radius 1 is 1.26 bits per heavy atom. The van der Waals surface area contributed by atoms with Gasteiger partial charge in [0.25, 0.3) is 5.91 Å². The van der Waals surface area contributed by atoms with E-state index in [0.717, 1.165) is 32.1 Å². The van der Waals surface area contributed by atoms with Crippen molar-refractivity contribution in [3.8, 4) is 0 Å². The largest absolute Gasteiger partial charge is 0.451 e. The molecule has 0 radical (unpaired) electrons. The van der Waals surface area contributed by atoms with E-state index >= 15 is 0 Å². The molecule has 1 heterocycles. The summed E-state index contributed by atoms with van der Waals surface area (Å²) in [6.45, 7) is 1.75. The average molecular weight is 325 g/mol. The number of rotatable bonds is 5. The molecule has 1 aliphatic heterocycles. The molecule has 0 spiro atoms. The number of carbonyl (C=O) groups is 4. The van der Waals surface area contributed by atoms with Crippen molar-refractivity contribution < 1.29 is 23.9 Å². The zero-order valence-electron chi connectivity index (χ0n) is 13.3. The maximum atomic E-state index is 11.8. The predicted molar refractivity (Wildman–Crippen MR) is 80.3 cm³/mol. The lowest BCUT2D eigenvalue weighted by molar-refractivity contribution is -0.156. The molecule has 0 aromatic heterocycles. The number of esters is 1. The molecule has 1 atom stereocenters. The van der Waals surface area contributed by atoms with E-state index in [2.05, 4.69) is 10.6 Å². The molecule has 1 aliphatic carbocycles. The summed E-state index contributed by atoms with van der Waals surface area (Å²) in [4.78, 5) is 48.1. The van der Waals surface area contributed by atoms with E-state index in [1.165, 1.54) is 11.8 Å². The van der Waals surface area contributed by atoms with Crippen LogP contribution in [0.15, 0.2) is 0 Å². The smallest absolute Gasteiger partial charge is 0.326 e. The minimum atomic E-state index is -1.09. The Kier molecular flexibility index (Phi) is 5.95. The fourth-order valence-corrected chi connectivity index (χ4v) is 2.82. The van der Waals surface area contributed by atoms with Crippen molar-refractivity contribution in [2.75, 3.05) is 13.1 Å². The van der Waals surface area contributed by atoms with Crippen LogP contribution in [0.4, 0.5) is 4.79 Å². The molecule has 8 nitrogen and oxygen atoms in total. The van der Waals surface area contributed by atoms with E-state index in [1.807, 2.05) is 0 Å². The van der Waals surface area contributed by atoms with E-state index < -0.39 is 24.0 Å². The van der Waals surface area contributed by atoms with Crippen molar-refractivity contribution in [2.24, 2.45) is 0 Å². The van der Waals surface area contributed by atoms with E-state index in [4.69, 9.17) is 4.74 Å². The maximum absolute atomic E-state index is 11.8. The summed E-state index contributed by atoms with van der Waals surface area (Å²) in [5, 5.41) is 4.89. The van der Waals surface area contributed by atoms with Gasteiger partial charge in [-0.1, -0.05) is 12.8 Å². The Morgan fingerprint density at radius 2 is 1.96 bits per heavy atom. The van der Waals surface area contributed by atoms with Crippen LogP contribution in [-0.2, 0) is 19.1 Å². The van der Waals surface area contributed by atoms with Gasteiger partial charge in [-0.05, 0) is 26.2 Å². The van der Waals surface area contributed by atoms with Gasteiger partial charge in [-0.3, -0.25) is 19.7 Å². The van der Waals surface area contributed by atoms with Crippen LogP contribution in [0, 0.1) is 0 Å². The first-order chi connectivity index (χ1) is 11.0. The lowest BCUT2D eigenvalue weighted by atomic mass is 10.2. The Labute approximate surface area is 134 Å². The molecular formula is C15H23N3O5. The molecule has 4 amide bonds. The zero-order chi connectivity index (χ0) is 16.8. The number of imide groups is 1. The van der Waals surface area contributed by atoms with E-state index in [-0.39, 0.29) is 18.5 Å². The zero-order valence-corrected chi connectivity index (χ0v) is 13.3. The van der Waals surface area contributed by atoms with Crippen LogP contribution in [0.1, 0.15) is 45.4 Å². The third kappa shape index (κ3) is 5.22. The van der Waals surface area contributed by atoms with Crippen LogP contribution in [0.5, 0.6) is 0 Å². The van der Waals surface area contributed by atoms with Gasteiger partial charge in [-0.15, -0.1) is 0 Å². The van der Waals surface area contributed by atoms with Crippen LogP contribution in [0.2, 0.25) is 0 Å². The minimum absolute atomic E-state index is 0.0880.